The summed E-state index contributed by atoms with van der Waals surface area (Å²) in [6.07, 6.45) is 5.51. The van der Waals surface area contributed by atoms with Gasteiger partial charge in [0.15, 0.2) is 0 Å². The van der Waals surface area contributed by atoms with Crippen molar-refractivity contribution in [3.8, 4) is 11.5 Å². The number of hydrogen-bond acceptors (Lipinski definition) is 4. The molecule has 138 valence electrons. The Hall–Kier alpha value is -2.62. The normalized spacial score (nSPS) is 12.0. The lowest BCUT2D eigenvalue weighted by Crippen LogP contribution is -2.08. The largest absolute Gasteiger partial charge is 0.497 e. The topological polar surface area (TPSA) is 43.2 Å². The predicted octanol–water partition coefficient (Wildman–Crippen LogP) is 5.14. The first-order valence-corrected chi connectivity index (χ1v) is 8.79. The monoisotopic (exact) mass is 352 g/mol. The van der Waals surface area contributed by atoms with E-state index in [1.54, 1.807) is 26.6 Å². The van der Waals surface area contributed by atoms with Gasteiger partial charge < -0.3 is 9.47 Å². The number of rotatable bonds is 7. The van der Waals surface area contributed by atoms with Crippen LogP contribution in [0.3, 0.4) is 0 Å². The fourth-order valence-electron chi connectivity index (χ4n) is 2.58. The molecule has 26 heavy (non-hydrogen) atoms. The Balaban J connectivity index is 2.16. The molecule has 0 aromatic heterocycles. The number of methoxy groups -OCH3 is 2. The van der Waals surface area contributed by atoms with E-state index in [0.717, 1.165) is 35.5 Å². The zero-order chi connectivity index (χ0) is 19.0. The van der Waals surface area contributed by atoms with Gasteiger partial charge in [-0.25, -0.2) is 0 Å². The SMILES string of the molecule is COc1cccc(/C=N/N=C/c2cccc(OC)c2CCC(C)(C)C)c1. The van der Waals surface area contributed by atoms with E-state index < -0.39 is 0 Å². The zero-order valence-electron chi connectivity index (χ0n) is 16.3. The minimum atomic E-state index is 0.264. The Morgan fingerprint density at radius 1 is 0.923 bits per heavy atom. The van der Waals surface area contributed by atoms with Gasteiger partial charge in [0.1, 0.15) is 11.5 Å². The van der Waals surface area contributed by atoms with Crippen LogP contribution in [0.15, 0.2) is 52.7 Å². The molecule has 0 saturated carbocycles. The molecule has 0 aliphatic rings. The van der Waals surface area contributed by atoms with Gasteiger partial charge in [0.25, 0.3) is 0 Å². The second-order valence-corrected chi connectivity index (χ2v) is 7.35. The molecule has 4 heteroatoms. The van der Waals surface area contributed by atoms with Crippen LogP contribution in [-0.2, 0) is 6.42 Å². The van der Waals surface area contributed by atoms with Gasteiger partial charge in [0.05, 0.1) is 26.6 Å². The average Bonchev–Trinajstić information content (AvgIpc) is 2.63. The van der Waals surface area contributed by atoms with Crippen molar-refractivity contribution in [2.45, 2.75) is 33.6 Å². The lowest BCUT2D eigenvalue weighted by atomic mass is 9.87. The minimum absolute atomic E-state index is 0.264. The highest BCUT2D eigenvalue weighted by molar-refractivity contribution is 5.84. The van der Waals surface area contributed by atoms with Crippen LogP contribution in [0.25, 0.3) is 0 Å². The number of hydrogen-bond donors (Lipinski definition) is 0. The molecular formula is C22H28N2O2. The van der Waals surface area contributed by atoms with Gasteiger partial charge in [-0.05, 0) is 42.0 Å². The van der Waals surface area contributed by atoms with Crippen molar-refractivity contribution in [2.24, 2.45) is 15.6 Å². The Morgan fingerprint density at radius 3 is 2.35 bits per heavy atom. The molecule has 0 fully saturated rings. The summed E-state index contributed by atoms with van der Waals surface area (Å²) >= 11 is 0. The van der Waals surface area contributed by atoms with E-state index in [1.165, 1.54) is 5.56 Å². The van der Waals surface area contributed by atoms with E-state index in [1.807, 2.05) is 42.5 Å². The maximum atomic E-state index is 5.54. The Bertz CT molecular complexity index is 774. The predicted molar refractivity (Wildman–Crippen MR) is 109 cm³/mol. The van der Waals surface area contributed by atoms with E-state index in [9.17, 15) is 0 Å². The van der Waals surface area contributed by atoms with Crippen molar-refractivity contribution in [3.63, 3.8) is 0 Å². The van der Waals surface area contributed by atoms with Gasteiger partial charge in [0, 0.05) is 11.1 Å². The van der Waals surface area contributed by atoms with E-state index >= 15 is 0 Å². The average molecular weight is 352 g/mol. The van der Waals surface area contributed by atoms with Crippen LogP contribution in [0, 0.1) is 5.41 Å². The van der Waals surface area contributed by atoms with Crippen LogP contribution >= 0.6 is 0 Å². The van der Waals surface area contributed by atoms with E-state index in [2.05, 4.69) is 31.0 Å². The van der Waals surface area contributed by atoms with Crippen molar-refractivity contribution in [1.82, 2.24) is 0 Å². The molecule has 0 amide bonds. The van der Waals surface area contributed by atoms with Crippen molar-refractivity contribution in [1.29, 1.82) is 0 Å². The summed E-state index contributed by atoms with van der Waals surface area (Å²) in [5.74, 6) is 1.70. The number of ether oxygens (including phenoxy) is 2. The summed E-state index contributed by atoms with van der Waals surface area (Å²) in [7, 11) is 3.36. The fraction of sp³-hybridized carbons (Fsp3) is 0.364. The van der Waals surface area contributed by atoms with Crippen LogP contribution in [0.2, 0.25) is 0 Å². The minimum Gasteiger partial charge on any atom is -0.497 e. The summed E-state index contributed by atoms with van der Waals surface area (Å²) in [5, 5.41) is 8.39. The smallest absolute Gasteiger partial charge is 0.122 e. The maximum Gasteiger partial charge on any atom is 0.122 e. The summed E-state index contributed by atoms with van der Waals surface area (Å²) in [5.41, 5.74) is 3.42. The first kappa shape index (κ1) is 19.7. The third-order valence-electron chi connectivity index (χ3n) is 4.08. The second kappa shape index (κ2) is 9.18. The molecule has 2 aromatic carbocycles. The molecule has 0 heterocycles. The third kappa shape index (κ3) is 6.03. The summed E-state index contributed by atoms with van der Waals surface area (Å²) < 4.78 is 10.8. The van der Waals surface area contributed by atoms with Gasteiger partial charge in [-0.3, -0.25) is 0 Å². The fourth-order valence-corrected chi connectivity index (χ4v) is 2.58. The molecule has 4 nitrogen and oxygen atoms in total. The van der Waals surface area contributed by atoms with E-state index in [-0.39, 0.29) is 5.41 Å². The van der Waals surface area contributed by atoms with Crippen LogP contribution in [0.5, 0.6) is 11.5 Å². The van der Waals surface area contributed by atoms with Gasteiger partial charge in [-0.15, -0.1) is 0 Å². The molecule has 0 N–H and O–H groups in total. The van der Waals surface area contributed by atoms with Gasteiger partial charge in [0.2, 0.25) is 0 Å². The lowest BCUT2D eigenvalue weighted by molar-refractivity contribution is 0.369. The molecule has 0 bridgehead atoms. The van der Waals surface area contributed by atoms with Gasteiger partial charge in [-0.1, -0.05) is 45.0 Å². The standard InChI is InChI=1S/C22H28N2O2/c1-22(2,3)13-12-20-18(9-7-11-21(20)26-5)16-24-23-15-17-8-6-10-19(14-17)25-4/h6-11,14-16H,12-13H2,1-5H3/b23-15+,24-16+. The quantitative estimate of drug-likeness (QED) is 0.512. The molecule has 0 atom stereocenters. The molecule has 0 saturated heterocycles. The lowest BCUT2D eigenvalue weighted by Gasteiger charge is -2.19. The van der Waals surface area contributed by atoms with Gasteiger partial charge >= 0.3 is 0 Å². The molecule has 0 unspecified atom stereocenters. The second-order valence-electron chi connectivity index (χ2n) is 7.35. The van der Waals surface area contributed by atoms with Crippen LogP contribution < -0.4 is 9.47 Å². The molecule has 0 spiro atoms. The van der Waals surface area contributed by atoms with Crippen molar-refractivity contribution >= 4 is 12.4 Å². The molecule has 0 aliphatic heterocycles. The highest BCUT2D eigenvalue weighted by Crippen LogP contribution is 2.28. The maximum absolute atomic E-state index is 5.54. The molecule has 0 aliphatic carbocycles. The summed E-state index contributed by atoms with van der Waals surface area (Å²) in [6.45, 7) is 6.73. The van der Waals surface area contributed by atoms with Crippen LogP contribution in [0.1, 0.15) is 43.9 Å². The highest BCUT2D eigenvalue weighted by Gasteiger charge is 2.14. The first-order valence-electron chi connectivity index (χ1n) is 8.79. The summed E-state index contributed by atoms with van der Waals surface area (Å²) in [4.78, 5) is 0. The third-order valence-corrected chi connectivity index (χ3v) is 4.08. The zero-order valence-corrected chi connectivity index (χ0v) is 16.3. The number of nitrogens with zero attached hydrogens (tertiary/aromatic N) is 2. The molecule has 0 radical (unpaired) electrons. The van der Waals surface area contributed by atoms with Crippen LogP contribution in [-0.4, -0.2) is 26.6 Å². The Labute approximate surface area is 156 Å². The Kier molecular flexibility index (Phi) is 6.96. The van der Waals surface area contributed by atoms with Crippen molar-refractivity contribution in [2.75, 3.05) is 14.2 Å². The van der Waals surface area contributed by atoms with Crippen LogP contribution in [0.4, 0.5) is 0 Å². The molecule has 2 aromatic rings. The van der Waals surface area contributed by atoms with E-state index in [0.29, 0.717) is 0 Å². The van der Waals surface area contributed by atoms with Gasteiger partial charge in [-0.2, -0.15) is 10.2 Å². The van der Waals surface area contributed by atoms with Crippen molar-refractivity contribution in [3.05, 3.63) is 59.2 Å². The molecule has 2 rings (SSSR count). The number of benzene rings is 2. The summed E-state index contributed by atoms with van der Waals surface area (Å²) in [6, 6.07) is 13.7. The van der Waals surface area contributed by atoms with E-state index in [4.69, 9.17) is 9.47 Å². The Morgan fingerprint density at radius 2 is 1.65 bits per heavy atom. The molecular weight excluding hydrogens is 324 g/mol. The van der Waals surface area contributed by atoms with Crippen molar-refractivity contribution < 1.29 is 9.47 Å². The first-order chi connectivity index (χ1) is 12.4. The highest BCUT2D eigenvalue weighted by atomic mass is 16.5.